The van der Waals surface area contributed by atoms with Crippen LogP contribution in [-0.2, 0) is 14.8 Å². The van der Waals surface area contributed by atoms with Crippen LogP contribution in [-0.4, -0.2) is 31.4 Å². The zero-order valence-electron chi connectivity index (χ0n) is 9.41. The zero-order chi connectivity index (χ0) is 13.9. The predicted octanol–water partition coefficient (Wildman–Crippen LogP) is -0.0115. The molecule has 0 saturated heterocycles. The molecular weight excluding hydrogens is 280 g/mol. The first-order valence-corrected chi connectivity index (χ1v) is 7.26. The number of primary sulfonamides is 1. The van der Waals surface area contributed by atoms with Crippen molar-refractivity contribution in [3.8, 4) is 0 Å². The van der Waals surface area contributed by atoms with Crippen LogP contribution in [0.2, 0.25) is 0 Å². The molecule has 0 aliphatic carbocycles. The second kappa shape index (κ2) is 5.46. The van der Waals surface area contributed by atoms with E-state index in [1.165, 1.54) is 5.38 Å². The maximum atomic E-state index is 11.6. The lowest BCUT2D eigenvalue weighted by molar-refractivity contribution is -0.137. The summed E-state index contributed by atoms with van der Waals surface area (Å²) in [6.45, 7) is 1.54. The second-order valence-electron chi connectivity index (χ2n) is 3.67. The van der Waals surface area contributed by atoms with Gasteiger partial charge >= 0.3 is 5.97 Å². The molecule has 0 aliphatic heterocycles. The average Bonchev–Trinajstić information content (AvgIpc) is 2.63. The number of thiophene rings is 1. The van der Waals surface area contributed by atoms with Gasteiger partial charge in [0.2, 0.25) is 10.0 Å². The largest absolute Gasteiger partial charge is 0.481 e. The fraction of sp³-hybridized carbons (Fsp3) is 0.333. The molecule has 1 unspecified atom stereocenters. The number of carboxylic acid groups (broad SMARTS) is 1. The summed E-state index contributed by atoms with van der Waals surface area (Å²) in [5.41, 5.74) is 0.140. The lowest BCUT2D eigenvalue weighted by Crippen LogP contribution is -2.33. The van der Waals surface area contributed by atoms with E-state index in [9.17, 15) is 18.0 Å². The van der Waals surface area contributed by atoms with Gasteiger partial charge in [0.25, 0.3) is 5.91 Å². The van der Waals surface area contributed by atoms with Gasteiger partial charge in [0.1, 0.15) is 4.21 Å². The molecule has 0 fully saturated rings. The van der Waals surface area contributed by atoms with E-state index >= 15 is 0 Å². The molecule has 1 rings (SSSR count). The Hall–Kier alpha value is -1.45. The lowest BCUT2D eigenvalue weighted by atomic mass is 10.2. The number of hydrogen-bond donors (Lipinski definition) is 3. The van der Waals surface area contributed by atoms with E-state index in [1.54, 1.807) is 6.92 Å². The predicted molar refractivity (Wildman–Crippen MR) is 64.9 cm³/mol. The molecule has 0 saturated carbocycles. The number of aliphatic carboxylic acids is 1. The van der Waals surface area contributed by atoms with E-state index in [-0.39, 0.29) is 16.2 Å². The van der Waals surface area contributed by atoms with Crippen LogP contribution in [0, 0.1) is 0 Å². The first-order valence-electron chi connectivity index (χ1n) is 4.84. The number of carboxylic acids is 1. The van der Waals surface area contributed by atoms with Gasteiger partial charge in [0.05, 0.1) is 12.0 Å². The fourth-order valence-corrected chi connectivity index (χ4v) is 2.79. The van der Waals surface area contributed by atoms with Crippen molar-refractivity contribution in [2.24, 2.45) is 5.14 Å². The van der Waals surface area contributed by atoms with Crippen LogP contribution >= 0.6 is 11.3 Å². The van der Waals surface area contributed by atoms with Crippen LogP contribution in [0.1, 0.15) is 23.7 Å². The summed E-state index contributed by atoms with van der Waals surface area (Å²) in [4.78, 5) is 22.1. The molecule has 1 amide bonds. The van der Waals surface area contributed by atoms with Crippen molar-refractivity contribution in [3.63, 3.8) is 0 Å². The van der Waals surface area contributed by atoms with Crippen molar-refractivity contribution in [2.75, 3.05) is 0 Å². The van der Waals surface area contributed by atoms with Gasteiger partial charge in [0, 0.05) is 11.4 Å². The van der Waals surface area contributed by atoms with E-state index in [0.717, 1.165) is 17.4 Å². The molecular formula is C9H12N2O5S2. The molecule has 1 heterocycles. The van der Waals surface area contributed by atoms with Gasteiger partial charge in [-0.2, -0.15) is 0 Å². The smallest absolute Gasteiger partial charge is 0.305 e. The maximum absolute atomic E-state index is 11.6. The van der Waals surface area contributed by atoms with Crippen LogP contribution in [0.5, 0.6) is 0 Å². The highest BCUT2D eigenvalue weighted by molar-refractivity contribution is 7.91. The molecule has 4 N–H and O–H groups in total. The minimum atomic E-state index is -3.82. The Morgan fingerprint density at radius 2 is 2.17 bits per heavy atom. The molecule has 0 bridgehead atoms. The maximum Gasteiger partial charge on any atom is 0.305 e. The number of hydrogen-bond acceptors (Lipinski definition) is 5. The third kappa shape index (κ3) is 4.09. The number of carbonyl (C=O) groups is 2. The Balaban J connectivity index is 2.74. The van der Waals surface area contributed by atoms with E-state index in [4.69, 9.17) is 10.2 Å². The molecule has 0 spiro atoms. The highest BCUT2D eigenvalue weighted by Gasteiger charge is 2.17. The summed E-state index contributed by atoms with van der Waals surface area (Å²) in [5, 5.41) is 17.2. The third-order valence-electron chi connectivity index (χ3n) is 1.98. The summed E-state index contributed by atoms with van der Waals surface area (Å²) < 4.78 is 21.9. The van der Waals surface area contributed by atoms with E-state index < -0.39 is 27.9 Å². The summed E-state index contributed by atoms with van der Waals surface area (Å²) in [5.74, 6) is -1.56. The van der Waals surface area contributed by atoms with E-state index in [1.807, 2.05) is 0 Å². The van der Waals surface area contributed by atoms with Crippen LogP contribution < -0.4 is 10.5 Å². The number of carbonyl (C=O) groups excluding carboxylic acids is 1. The van der Waals surface area contributed by atoms with Crippen molar-refractivity contribution in [3.05, 3.63) is 17.0 Å². The lowest BCUT2D eigenvalue weighted by Gasteiger charge is -2.10. The molecule has 0 radical (unpaired) electrons. The summed E-state index contributed by atoms with van der Waals surface area (Å²) in [6, 6.07) is 0.607. The number of amides is 1. The minimum absolute atomic E-state index is 0.112. The Bertz CT molecular complexity index is 563. The van der Waals surface area contributed by atoms with Gasteiger partial charge in [-0.15, -0.1) is 11.3 Å². The van der Waals surface area contributed by atoms with Crippen molar-refractivity contribution in [1.82, 2.24) is 5.32 Å². The summed E-state index contributed by atoms with van der Waals surface area (Å²) in [7, 11) is -3.82. The molecule has 100 valence electrons. The van der Waals surface area contributed by atoms with Gasteiger partial charge in [-0.3, -0.25) is 9.59 Å². The summed E-state index contributed by atoms with van der Waals surface area (Å²) in [6.07, 6.45) is -0.210. The highest BCUT2D eigenvalue weighted by Crippen LogP contribution is 2.18. The van der Waals surface area contributed by atoms with Gasteiger partial charge in [0.15, 0.2) is 0 Å². The van der Waals surface area contributed by atoms with Crippen LogP contribution in [0.4, 0.5) is 0 Å². The Kier molecular flexibility index (Phi) is 4.43. The highest BCUT2D eigenvalue weighted by atomic mass is 32.2. The minimum Gasteiger partial charge on any atom is -0.481 e. The number of nitrogens with two attached hydrogens (primary N) is 1. The first kappa shape index (κ1) is 14.6. The van der Waals surface area contributed by atoms with Crippen LogP contribution in [0.25, 0.3) is 0 Å². The molecule has 0 aliphatic rings. The van der Waals surface area contributed by atoms with E-state index in [2.05, 4.69) is 5.32 Å². The third-order valence-corrected chi connectivity index (χ3v) is 4.36. The quantitative estimate of drug-likeness (QED) is 0.703. The molecule has 0 aromatic carbocycles. The number of nitrogens with one attached hydrogen (secondary N) is 1. The molecule has 1 aromatic heterocycles. The van der Waals surface area contributed by atoms with Gasteiger partial charge in [-0.25, -0.2) is 13.6 Å². The van der Waals surface area contributed by atoms with Crippen LogP contribution in [0.15, 0.2) is 15.7 Å². The van der Waals surface area contributed by atoms with Crippen LogP contribution in [0.3, 0.4) is 0 Å². The second-order valence-corrected chi connectivity index (χ2v) is 6.37. The zero-order valence-corrected chi connectivity index (χ0v) is 11.0. The molecule has 18 heavy (non-hydrogen) atoms. The van der Waals surface area contributed by atoms with Gasteiger partial charge in [-0.05, 0) is 13.0 Å². The standard InChI is InChI=1S/C9H12N2O5S2/c1-5(2-7(12)13)11-9(14)6-3-8(17-4-6)18(10,15)16/h3-5H,2H2,1H3,(H,11,14)(H,12,13)(H2,10,15,16). The monoisotopic (exact) mass is 292 g/mol. The molecule has 1 aromatic rings. The van der Waals surface area contributed by atoms with Crippen molar-refractivity contribution >= 4 is 33.2 Å². The molecule has 7 nitrogen and oxygen atoms in total. The fourth-order valence-electron chi connectivity index (χ4n) is 1.20. The van der Waals surface area contributed by atoms with Gasteiger partial charge in [-0.1, -0.05) is 0 Å². The van der Waals surface area contributed by atoms with Crippen molar-refractivity contribution < 1.29 is 23.1 Å². The topological polar surface area (TPSA) is 127 Å². The number of sulfonamides is 1. The van der Waals surface area contributed by atoms with Crippen molar-refractivity contribution in [2.45, 2.75) is 23.6 Å². The van der Waals surface area contributed by atoms with Gasteiger partial charge < -0.3 is 10.4 Å². The Morgan fingerprint density at radius 1 is 1.56 bits per heavy atom. The average molecular weight is 292 g/mol. The molecule has 9 heteroatoms. The van der Waals surface area contributed by atoms with E-state index in [0.29, 0.717) is 0 Å². The Morgan fingerprint density at radius 3 is 2.61 bits per heavy atom. The first-order chi connectivity index (χ1) is 8.20. The Labute approximate surface area is 108 Å². The van der Waals surface area contributed by atoms with Crippen molar-refractivity contribution in [1.29, 1.82) is 0 Å². The number of rotatable bonds is 5. The normalized spacial score (nSPS) is 13.0. The molecule has 1 atom stereocenters. The summed E-state index contributed by atoms with van der Waals surface area (Å²) >= 11 is 0.836. The SMILES string of the molecule is CC(CC(=O)O)NC(=O)c1csc(S(N)(=O)=O)c1.